The van der Waals surface area contributed by atoms with Gasteiger partial charge in [-0.2, -0.15) is 5.26 Å². The molecule has 0 aliphatic rings. The Bertz CT molecular complexity index is 492. The first-order valence-electron chi connectivity index (χ1n) is 5.42. The topological polar surface area (TPSA) is 52.9 Å². The van der Waals surface area contributed by atoms with E-state index in [1.54, 1.807) is 12.1 Å². The third-order valence-electron chi connectivity index (χ3n) is 2.41. The molecule has 0 unspecified atom stereocenters. The van der Waals surface area contributed by atoms with Crippen molar-refractivity contribution in [1.82, 2.24) is 0 Å². The summed E-state index contributed by atoms with van der Waals surface area (Å²) >= 11 is 3.23. The average molecular weight is 313 g/mol. The summed E-state index contributed by atoms with van der Waals surface area (Å²) in [5.74, 6) is -1.04. The van der Waals surface area contributed by atoms with E-state index < -0.39 is 11.7 Å². The summed E-state index contributed by atoms with van der Waals surface area (Å²) in [6, 6.07) is 4.88. The molecule has 5 heteroatoms. The van der Waals surface area contributed by atoms with E-state index in [4.69, 9.17) is 5.26 Å². The molecule has 1 aromatic carbocycles. The van der Waals surface area contributed by atoms with Crippen LogP contribution >= 0.6 is 15.9 Å². The number of carbonyl (C=O) groups excluding carboxylic acids is 1. The minimum atomic E-state index is -0.527. The molecule has 0 radical (unpaired) electrons. The molecule has 0 saturated heterocycles. The van der Waals surface area contributed by atoms with Gasteiger partial charge in [-0.1, -0.05) is 20.8 Å². The first-order chi connectivity index (χ1) is 8.25. The molecule has 1 aromatic rings. The molecular formula is C13H14BrFN2O. The second-order valence-electron chi connectivity index (χ2n) is 4.95. The summed E-state index contributed by atoms with van der Waals surface area (Å²) in [5, 5.41) is 10.8. The Morgan fingerprint density at radius 2 is 2.11 bits per heavy atom. The molecule has 0 aliphatic heterocycles. The van der Waals surface area contributed by atoms with Crippen LogP contribution in [0.15, 0.2) is 16.6 Å². The molecule has 18 heavy (non-hydrogen) atoms. The third kappa shape index (κ3) is 3.54. The second kappa shape index (κ2) is 5.49. The molecule has 0 aliphatic carbocycles. The fourth-order valence-electron chi connectivity index (χ4n) is 1.38. The molecular weight excluding hydrogens is 299 g/mol. The van der Waals surface area contributed by atoms with Crippen LogP contribution < -0.4 is 5.32 Å². The predicted molar refractivity (Wildman–Crippen MR) is 71.7 cm³/mol. The Morgan fingerprint density at radius 3 is 2.56 bits per heavy atom. The largest absolute Gasteiger partial charge is 0.322 e. The van der Waals surface area contributed by atoms with Crippen molar-refractivity contribution in [1.29, 1.82) is 5.26 Å². The van der Waals surface area contributed by atoms with Gasteiger partial charge in [-0.15, -0.1) is 0 Å². The van der Waals surface area contributed by atoms with Gasteiger partial charge >= 0.3 is 0 Å². The van der Waals surface area contributed by atoms with E-state index in [1.807, 2.05) is 20.8 Å². The SMILES string of the molecule is CC(C)(C)c1cc(F)c(NC(=O)CC#N)c(Br)c1. The molecule has 3 nitrogen and oxygen atoms in total. The number of nitrogens with one attached hydrogen (secondary N) is 1. The summed E-state index contributed by atoms with van der Waals surface area (Å²) in [4.78, 5) is 11.3. The van der Waals surface area contributed by atoms with Crippen LogP contribution in [0.25, 0.3) is 0 Å². The lowest BCUT2D eigenvalue weighted by atomic mass is 9.87. The van der Waals surface area contributed by atoms with Crippen molar-refractivity contribution in [2.24, 2.45) is 0 Å². The van der Waals surface area contributed by atoms with Crippen LogP contribution in [0.4, 0.5) is 10.1 Å². The van der Waals surface area contributed by atoms with Gasteiger partial charge in [0.05, 0.1) is 11.8 Å². The van der Waals surface area contributed by atoms with Crippen molar-refractivity contribution < 1.29 is 9.18 Å². The monoisotopic (exact) mass is 312 g/mol. The summed E-state index contributed by atoms with van der Waals surface area (Å²) in [5.41, 5.74) is 0.715. The molecule has 0 bridgehead atoms. The average Bonchev–Trinajstić information content (AvgIpc) is 2.22. The maximum Gasteiger partial charge on any atom is 0.238 e. The van der Waals surface area contributed by atoms with E-state index in [0.29, 0.717) is 4.47 Å². The Labute approximate surface area is 114 Å². The Morgan fingerprint density at radius 1 is 1.50 bits per heavy atom. The predicted octanol–water partition coefficient (Wildman–Crippen LogP) is 3.74. The number of anilines is 1. The maximum atomic E-state index is 13.9. The normalized spacial score (nSPS) is 10.9. The first kappa shape index (κ1) is 14.7. The summed E-state index contributed by atoms with van der Waals surface area (Å²) in [6.07, 6.45) is -0.299. The van der Waals surface area contributed by atoms with Crippen LogP contribution in [0.5, 0.6) is 0 Å². The molecule has 1 rings (SSSR count). The lowest BCUT2D eigenvalue weighted by Crippen LogP contribution is -2.15. The van der Waals surface area contributed by atoms with Crippen LogP contribution in [0.2, 0.25) is 0 Å². The summed E-state index contributed by atoms with van der Waals surface area (Å²) in [7, 11) is 0. The zero-order valence-corrected chi connectivity index (χ0v) is 12.1. The van der Waals surface area contributed by atoms with Crippen molar-refractivity contribution in [3.05, 3.63) is 28.0 Å². The zero-order chi connectivity index (χ0) is 13.9. The van der Waals surface area contributed by atoms with Crippen LogP contribution in [0, 0.1) is 17.1 Å². The van der Waals surface area contributed by atoms with Gasteiger partial charge in [0, 0.05) is 4.47 Å². The highest BCUT2D eigenvalue weighted by molar-refractivity contribution is 9.10. The quantitative estimate of drug-likeness (QED) is 0.904. The van der Waals surface area contributed by atoms with E-state index >= 15 is 0 Å². The lowest BCUT2D eigenvalue weighted by Gasteiger charge is -2.20. The van der Waals surface area contributed by atoms with Crippen molar-refractivity contribution in [3.8, 4) is 6.07 Å². The Balaban J connectivity index is 3.10. The van der Waals surface area contributed by atoms with Gasteiger partial charge in [0.15, 0.2) is 0 Å². The van der Waals surface area contributed by atoms with E-state index in [9.17, 15) is 9.18 Å². The highest BCUT2D eigenvalue weighted by Gasteiger charge is 2.19. The summed E-state index contributed by atoms with van der Waals surface area (Å²) < 4.78 is 14.4. The maximum absolute atomic E-state index is 13.9. The Hall–Kier alpha value is -1.41. The van der Waals surface area contributed by atoms with Gasteiger partial charge in [-0.25, -0.2) is 4.39 Å². The number of hydrogen-bond donors (Lipinski definition) is 1. The third-order valence-corrected chi connectivity index (χ3v) is 3.04. The van der Waals surface area contributed by atoms with Crippen molar-refractivity contribution in [2.75, 3.05) is 5.32 Å². The van der Waals surface area contributed by atoms with Crippen LogP contribution in [0.1, 0.15) is 32.8 Å². The van der Waals surface area contributed by atoms with Crippen LogP contribution in [-0.2, 0) is 10.2 Å². The van der Waals surface area contributed by atoms with E-state index in [2.05, 4.69) is 21.2 Å². The minimum absolute atomic E-state index is 0.0725. The molecule has 1 N–H and O–H groups in total. The van der Waals surface area contributed by atoms with Gasteiger partial charge < -0.3 is 5.32 Å². The van der Waals surface area contributed by atoms with E-state index in [1.165, 1.54) is 6.07 Å². The van der Waals surface area contributed by atoms with E-state index in [-0.39, 0.29) is 17.5 Å². The van der Waals surface area contributed by atoms with Crippen molar-refractivity contribution >= 4 is 27.5 Å². The summed E-state index contributed by atoms with van der Waals surface area (Å²) in [6.45, 7) is 5.92. The first-order valence-corrected chi connectivity index (χ1v) is 6.21. The molecule has 1 amide bonds. The molecule has 0 saturated carbocycles. The molecule has 0 fully saturated rings. The smallest absolute Gasteiger partial charge is 0.238 e. The molecule has 0 aromatic heterocycles. The number of halogens is 2. The fraction of sp³-hybridized carbons (Fsp3) is 0.385. The van der Waals surface area contributed by atoms with Crippen LogP contribution in [0.3, 0.4) is 0 Å². The van der Waals surface area contributed by atoms with Gasteiger partial charge in [-0.05, 0) is 39.0 Å². The number of hydrogen-bond acceptors (Lipinski definition) is 2. The molecule has 96 valence electrons. The number of nitrogens with zero attached hydrogens (tertiary/aromatic N) is 1. The van der Waals surface area contributed by atoms with Crippen molar-refractivity contribution in [2.45, 2.75) is 32.6 Å². The molecule has 0 spiro atoms. The molecule has 0 atom stereocenters. The van der Waals surface area contributed by atoms with E-state index in [0.717, 1.165) is 5.56 Å². The van der Waals surface area contributed by atoms with Gasteiger partial charge in [0.1, 0.15) is 12.2 Å². The zero-order valence-electron chi connectivity index (χ0n) is 10.5. The lowest BCUT2D eigenvalue weighted by molar-refractivity contribution is -0.115. The highest BCUT2D eigenvalue weighted by atomic mass is 79.9. The number of rotatable bonds is 2. The second-order valence-corrected chi connectivity index (χ2v) is 5.80. The van der Waals surface area contributed by atoms with Crippen LogP contribution in [-0.4, -0.2) is 5.91 Å². The number of nitriles is 1. The fourth-order valence-corrected chi connectivity index (χ4v) is 1.92. The van der Waals surface area contributed by atoms with Gasteiger partial charge in [-0.3, -0.25) is 4.79 Å². The minimum Gasteiger partial charge on any atom is -0.322 e. The number of amides is 1. The molecule has 0 heterocycles. The van der Waals surface area contributed by atoms with Gasteiger partial charge in [0.2, 0.25) is 5.91 Å². The number of benzene rings is 1. The highest BCUT2D eigenvalue weighted by Crippen LogP contribution is 2.32. The standard InChI is InChI=1S/C13H14BrFN2O/c1-13(2,3)8-6-9(14)12(10(15)7-8)17-11(18)4-5-16/h6-7H,4H2,1-3H3,(H,17,18). The van der Waals surface area contributed by atoms with Gasteiger partial charge in [0.25, 0.3) is 0 Å². The Kier molecular flexibility index (Phi) is 4.47. The van der Waals surface area contributed by atoms with Crippen molar-refractivity contribution in [3.63, 3.8) is 0 Å². The number of carbonyl (C=O) groups is 1.